The minimum atomic E-state index is -0.643. The summed E-state index contributed by atoms with van der Waals surface area (Å²) in [6.07, 6.45) is 1.29. The number of nitrogens with zero attached hydrogens (tertiary/aromatic N) is 2. The number of aromatic nitrogens is 1. The van der Waals surface area contributed by atoms with Crippen LogP contribution in [-0.4, -0.2) is 41.8 Å². The van der Waals surface area contributed by atoms with Crippen LogP contribution in [0.1, 0.15) is 17.3 Å². The molecule has 0 radical (unpaired) electrons. The van der Waals surface area contributed by atoms with Crippen molar-refractivity contribution in [3.63, 3.8) is 0 Å². The Bertz CT molecular complexity index is 477. The summed E-state index contributed by atoms with van der Waals surface area (Å²) < 4.78 is 0. The summed E-state index contributed by atoms with van der Waals surface area (Å²) >= 11 is 11.5. The molecule has 98 valence electrons. The lowest BCUT2D eigenvalue weighted by Gasteiger charge is -2.18. The number of hydrogen-bond acceptors (Lipinski definition) is 3. The maximum absolute atomic E-state index is 11.9. The fraction of sp³-hybridized carbons (Fsp3) is 0.364. The molecule has 0 bridgehead atoms. The van der Waals surface area contributed by atoms with Gasteiger partial charge in [0.1, 0.15) is 11.2 Å². The summed E-state index contributed by atoms with van der Waals surface area (Å²) in [5, 5.41) is 2.89. The van der Waals surface area contributed by atoms with Crippen molar-refractivity contribution in [1.29, 1.82) is 0 Å². The van der Waals surface area contributed by atoms with Crippen molar-refractivity contribution in [2.75, 3.05) is 14.1 Å². The molecular formula is C11H13Cl2N3O2. The third-order valence-electron chi connectivity index (χ3n) is 2.23. The molecule has 0 saturated carbocycles. The largest absolute Gasteiger partial charge is 0.347 e. The minimum absolute atomic E-state index is 0.163. The van der Waals surface area contributed by atoms with Crippen LogP contribution in [0.25, 0.3) is 0 Å². The second-order valence-electron chi connectivity index (χ2n) is 3.91. The van der Waals surface area contributed by atoms with Crippen LogP contribution in [0, 0.1) is 0 Å². The summed E-state index contributed by atoms with van der Waals surface area (Å²) in [5.74, 6) is -0.674. The molecule has 1 aromatic rings. The molecule has 1 rings (SSSR count). The lowest BCUT2D eigenvalue weighted by Crippen LogP contribution is -2.44. The number of amides is 2. The van der Waals surface area contributed by atoms with Crippen molar-refractivity contribution in [3.05, 3.63) is 28.0 Å². The van der Waals surface area contributed by atoms with E-state index in [0.29, 0.717) is 0 Å². The Balaban J connectivity index is 2.83. The Hall–Kier alpha value is -1.33. The first kappa shape index (κ1) is 14.7. The second-order valence-corrected chi connectivity index (χ2v) is 4.71. The van der Waals surface area contributed by atoms with Crippen LogP contribution in [0.15, 0.2) is 12.3 Å². The first-order valence-corrected chi connectivity index (χ1v) is 5.91. The van der Waals surface area contributed by atoms with E-state index in [1.807, 2.05) is 0 Å². The molecule has 0 saturated heterocycles. The topological polar surface area (TPSA) is 62.3 Å². The van der Waals surface area contributed by atoms with Crippen LogP contribution in [-0.2, 0) is 4.79 Å². The van der Waals surface area contributed by atoms with Gasteiger partial charge in [0.15, 0.2) is 0 Å². The molecule has 0 aliphatic carbocycles. The van der Waals surface area contributed by atoms with Gasteiger partial charge in [-0.1, -0.05) is 23.2 Å². The zero-order valence-electron chi connectivity index (χ0n) is 10.2. The highest BCUT2D eigenvalue weighted by atomic mass is 35.5. The monoisotopic (exact) mass is 289 g/mol. The predicted molar refractivity (Wildman–Crippen MR) is 69.9 cm³/mol. The van der Waals surface area contributed by atoms with E-state index in [1.165, 1.54) is 17.2 Å². The van der Waals surface area contributed by atoms with Crippen molar-refractivity contribution in [2.45, 2.75) is 13.0 Å². The third kappa shape index (κ3) is 3.58. The molecule has 5 nitrogen and oxygen atoms in total. The number of likely N-dealkylation sites (N-methyl/N-ethyl adjacent to an activating group) is 1. The third-order valence-corrected chi connectivity index (χ3v) is 2.73. The molecule has 0 aromatic carbocycles. The Kier molecular flexibility index (Phi) is 4.93. The molecule has 7 heteroatoms. The van der Waals surface area contributed by atoms with Gasteiger partial charge >= 0.3 is 0 Å². The Morgan fingerprint density at radius 1 is 1.39 bits per heavy atom. The summed E-state index contributed by atoms with van der Waals surface area (Å²) in [7, 11) is 3.22. The SMILES string of the molecule is CC(NC(=O)c1cc(Cl)ncc1Cl)C(=O)N(C)C. The molecular weight excluding hydrogens is 277 g/mol. The second kappa shape index (κ2) is 6.02. The van der Waals surface area contributed by atoms with E-state index >= 15 is 0 Å². The normalized spacial score (nSPS) is 11.8. The van der Waals surface area contributed by atoms with Crippen LogP contribution in [0.5, 0.6) is 0 Å². The fourth-order valence-corrected chi connectivity index (χ4v) is 1.66. The fourth-order valence-electron chi connectivity index (χ4n) is 1.31. The summed E-state index contributed by atoms with van der Waals surface area (Å²) in [6.45, 7) is 1.59. The van der Waals surface area contributed by atoms with Gasteiger partial charge in [-0.3, -0.25) is 9.59 Å². The van der Waals surface area contributed by atoms with E-state index in [4.69, 9.17) is 23.2 Å². The molecule has 0 aliphatic rings. The van der Waals surface area contributed by atoms with E-state index in [-0.39, 0.29) is 21.6 Å². The molecule has 1 unspecified atom stereocenters. The number of pyridine rings is 1. The van der Waals surface area contributed by atoms with Gasteiger partial charge < -0.3 is 10.2 Å². The van der Waals surface area contributed by atoms with Crippen molar-refractivity contribution < 1.29 is 9.59 Å². The van der Waals surface area contributed by atoms with Crippen LogP contribution >= 0.6 is 23.2 Å². The minimum Gasteiger partial charge on any atom is -0.347 e. The van der Waals surface area contributed by atoms with Crippen molar-refractivity contribution in [2.24, 2.45) is 0 Å². The van der Waals surface area contributed by atoms with E-state index in [2.05, 4.69) is 10.3 Å². The van der Waals surface area contributed by atoms with Gasteiger partial charge in [0.2, 0.25) is 5.91 Å². The molecule has 0 aliphatic heterocycles. The van der Waals surface area contributed by atoms with Crippen molar-refractivity contribution in [1.82, 2.24) is 15.2 Å². The molecule has 1 heterocycles. The summed E-state index contributed by atoms with van der Waals surface area (Å²) in [5.41, 5.74) is 0.190. The molecule has 18 heavy (non-hydrogen) atoms. The number of hydrogen-bond donors (Lipinski definition) is 1. The van der Waals surface area contributed by atoms with E-state index in [1.54, 1.807) is 21.0 Å². The number of rotatable bonds is 3. The maximum atomic E-state index is 11.9. The van der Waals surface area contributed by atoms with Crippen molar-refractivity contribution in [3.8, 4) is 0 Å². The lowest BCUT2D eigenvalue weighted by molar-refractivity contribution is -0.130. The van der Waals surface area contributed by atoms with Crippen LogP contribution < -0.4 is 5.32 Å². The molecule has 1 aromatic heterocycles. The quantitative estimate of drug-likeness (QED) is 0.860. The Labute approximate surface area is 115 Å². The van der Waals surface area contributed by atoms with Crippen molar-refractivity contribution >= 4 is 35.0 Å². The number of halogens is 2. The van der Waals surface area contributed by atoms with E-state index in [9.17, 15) is 9.59 Å². The predicted octanol–water partition coefficient (Wildman–Crippen LogP) is 1.59. The highest BCUT2D eigenvalue weighted by Crippen LogP contribution is 2.18. The van der Waals surface area contributed by atoms with Gasteiger partial charge in [-0.25, -0.2) is 4.98 Å². The number of nitrogens with one attached hydrogen (secondary N) is 1. The molecule has 2 amide bonds. The smallest absolute Gasteiger partial charge is 0.253 e. The number of carbonyl (C=O) groups excluding carboxylic acids is 2. The molecule has 1 N–H and O–H groups in total. The highest BCUT2D eigenvalue weighted by Gasteiger charge is 2.19. The lowest BCUT2D eigenvalue weighted by atomic mass is 10.2. The standard InChI is InChI=1S/C11H13Cl2N3O2/c1-6(11(18)16(2)3)15-10(17)7-4-9(13)14-5-8(7)12/h4-6H,1-3H3,(H,15,17). The first-order valence-electron chi connectivity index (χ1n) is 5.16. The zero-order valence-corrected chi connectivity index (χ0v) is 11.7. The molecule has 1 atom stereocenters. The van der Waals surface area contributed by atoms with E-state index in [0.717, 1.165) is 0 Å². The van der Waals surface area contributed by atoms with Gasteiger partial charge in [0.25, 0.3) is 5.91 Å². The van der Waals surface area contributed by atoms with Gasteiger partial charge in [0, 0.05) is 20.3 Å². The Morgan fingerprint density at radius 3 is 2.56 bits per heavy atom. The first-order chi connectivity index (χ1) is 8.32. The Morgan fingerprint density at radius 2 is 2.00 bits per heavy atom. The summed E-state index contributed by atoms with van der Waals surface area (Å²) in [6, 6.07) is 0.710. The average molecular weight is 290 g/mol. The van der Waals surface area contributed by atoms with E-state index < -0.39 is 11.9 Å². The van der Waals surface area contributed by atoms with Gasteiger partial charge in [0.05, 0.1) is 10.6 Å². The summed E-state index contributed by atoms with van der Waals surface area (Å²) in [4.78, 5) is 28.6. The average Bonchev–Trinajstić information content (AvgIpc) is 2.30. The van der Waals surface area contributed by atoms with Crippen LogP contribution in [0.3, 0.4) is 0 Å². The van der Waals surface area contributed by atoms with Gasteiger partial charge in [-0.15, -0.1) is 0 Å². The van der Waals surface area contributed by atoms with Gasteiger partial charge in [-0.05, 0) is 13.0 Å². The zero-order chi connectivity index (χ0) is 13.9. The maximum Gasteiger partial charge on any atom is 0.253 e. The highest BCUT2D eigenvalue weighted by molar-refractivity contribution is 6.35. The van der Waals surface area contributed by atoms with Crippen LogP contribution in [0.4, 0.5) is 0 Å². The number of carbonyl (C=O) groups is 2. The van der Waals surface area contributed by atoms with Crippen LogP contribution in [0.2, 0.25) is 10.2 Å². The molecule has 0 fully saturated rings. The van der Waals surface area contributed by atoms with Gasteiger partial charge in [-0.2, -0.15) is 0 Å². The molecule has 0 spiro atoms.